The molecule has 0 saturated heterocycles. The summed E-state index contributed by atoms with van der Waals surface area (Å²) in [5.41, 5.74) is 9.17. The Labute approximate surface area is 185 Å². The third-order valence-electron chi connectivity index (χ3n) is 4.79. The van der Waals surface area contributed by atoms with Crippen molar-refractivity contribution in [3.63, 3.8) is 0 Å². The van der Waals surface area contributed by atoms with Crippen LogP contribution in [0.3, 0.4) is 0 Å². The number of primary amides is 1. The molecule has 2 amide bonds. The standard InChI is InChI=1S/C25H22N4O3/c26-23(30)17-32-22-13-11-19(12-14-22)25(31)27-15-20-16-29(21-9-5-2-6-10-21)28-24(20)18-7-3-1-4-8-18/h1-14,16H,15,17H2,(H2,26,30)(H,27,31). The molecule has 3 aromatic carbocycles. The zero-order valence-electron chi connectivity index (χ0n) is 17.3. The van der Waals surface area contributed by atoms with Crippen molar-refractivity contribution in [1.82, 2.24) is 15.1 Å². The molecule has 4 aromatic rings. The molecule has 0 unspecified atom stereocenters. The third-order valence-corrected chi connectivity index (χ3v) is 4.79. The summed E-state index contributed by atoms with van der Waals surface area (Å²) in [6.07, 6.45) is 1.93. The number of nitrogens with zero attached hydrogens (tertiary/aromatic N) is 2. The van der Waals surface area contributed by atoms with Gasteiger partial charge in [0.05, 0.1) is 11.4 Å². The van der Waals surface area contributed by atoms with Crippen molar-refractivity contribution in [2.24, 2.45) is 5.73 Å². The summed E-state index contributed by atoms with van der Waals surface area (Å²) in [5.74, 6) is -0.314. The van der Waals surface area contributed by atoms with Gasteiger partial charge in [-0.25, -0.2) is 4.68 Å². The molecular weight excluding hydrogens is 404 g/mol. The summed E-state index contributed by atoms with van der Waals surface area (Å²) >= 11 is 0. The van der Waals surface area contributed by atoms with Crippen molar-refractivity contribution >= 4 is 11.8 Å². The Bertz CT molecular complexity index is 1200. The van der Waals surface area contributed by atoms with Gasteiger partial charge in [-0.3, -0.25) is 9.59 Å². The maximum absolute atomic E-state index is 12.7. The largest absolute Gasteiger partial charge is 0.484 e. The molecule has 0 atom stereocenters. The van der Waals surface area contributed by atoms with E-state index in [1.807, 2.05) is 71.5 Å². The molecule has 0 fully saturated rings. The smallest absolute Gasteiger partial charge is 0.255 e. The quantitative estimate of drug-likeness (QED) is 0.451. The lowest BCUT2D eigenvalue weighted by molar-refractivity contribution is -0.119. The van der Waals surface area contributed by atoms with Gasteiger partial charge in [-0.15, -0.1) is 0 Å². The van der Waals surface area contributed by atoms with Crippen LogP contribution >= 0.6 is 0 Å². The Balaban J connectivity index is 1.51. The molecule has 0 aliphatic carbocycles. The number of carbonyl (C=O) groups excluding carboxylic acids is 2. The molecule has 0 aliphatic rings. The highest BCUT2D eigenvalue weighted by atomic mass is 16.5. The lowest BCUT2D eigenvalue weighted by Crippen LogP contribution is -2.23. The van der Waals surface area contributed by atoms with Gasteiger partial charge in [-0.2, -0.15) is 5.10 Å². The number of amides is 2. The molecule has 1 heterocycles. The van der Waals surface area contributed by atoms with Gasteiger partial charge >= 0.3 is 0 Å². The van der Waals surface area contributed by atoms with Gasteiger partial charge in [-0.05, 0) is 36.4 Å². The Kier molecular flexibility index (Phi) is 6.27. The van der Waals surface area contributed by atoms with Gasteiger partial charge in [0.25, 0.3) is 11.8 Å². The Hall–Kier alpha value is -4.39. The summed E-state index contributed by atoms with van der Waals surface area (Å²) in [6.45, 7) is 0.106. The number of para-hydroxylation sites is 1. The van der Waals surface area contributed by atoms with Crippen molar-refractivity contribution in [3.8, 4) is 22.7 Å². The SMILES string of the molecule is NC(=O)COc1ccc(C(=O)NCc2cn(-c3ccccc3)nc2-c2ccccc2)cc1. The molecule has 160 valence electrons. The summed E-state index contributed by atoms with van der Waals surface area (Å²) in [4.78, 5) is 23.5. The molecular formula is C25H22N4O3. The van der Waals surface area contributed by atoms with E-state index in [1.54, 1.807) is 24.3 Å². The first-order valence-corrected chi connectivity index (χ1v) is 10.1. The predicted octanol–water partition coefficient (Wildman–Crippen LogP) is 3.33. The number of carbonyl (C=O) groups is 2. The number of hydrogen-bond acceptors (Lipinski definition) is 4. The van der Waals surface area contributed by atoms with Crippen LogP contribution in [0.15, 0.2) is 91.1 Å². The minimum atomic E-state index is -0.558. The van der Waals surface area contributed by atoms with Crippen LogP contribution in [0.2, 0.25) is 0 Å². The average molecular weight is 426 g/mol. The summed E-state index contributed by atoms with van der Waals surface area (Å²) in [7, 11) is 0. The number of ether oxygens (including phenoxy) is 1. The second kappa shape index (κ2) is 9.61. The van der Waals surface area contributed by atoms with E-state index in [0.29, 0.717) is 17.9 Å². The predicted molar refractivity (Wildman–Crippen MR) is 121 cm³/mol. The summed E-state index contributed by atoms with van der Waals surface area (Å²) < 4.78 is 7.04. The molecule has 7 heteroatoms. The van der Waals surface area contributed by atoms with E-state index in [4.69, 9.17) is 15.6 Å². The fourth-order valence-electron chi connectivity index (χ4n) is 3.23. The van der Waals surface area contributed by atoms with Gasteiger partial charge in [-0.1, -0.05) is 48.5 Å². The Morgan fingerprint density at radius 1 is 0.906 bits per heavy atom. The highest BCUT2D eigenvalue weighted by molar-refractivity contribution is 5.94. The van der Waals surface area contributed by atoms with Crippen LogP contribution in [-0.2, 0) is 11.3 Å². The first-order valence-electron chi connectivity index (χ1n) is 10.1. The highest BCUT2D eigenvalue weighted by Crippen LogP contribution is 2.23. The minimum absolute atomic E-state index is 0.209. The van der Waals surface area contributed by atoms with Crippen LogP contribution in [0.1, 0.15) is 15.9 Å². The molecule has 0 radical (unpaired) electrons. The van der Waals surface area contributed by atoms with E-state index in [1.165, 1.54) is 0 Å². The van der Waals surface area contributed by atoms with Gasteiger partial charge in [0.2, 0.25) is 0 Å². The van der Waals surface area contributed by atoms with Crippen molar-refractivity contribution in [1.29, 1.82) is 0 Å². The van der Waals surface area contributed by atoms with E-state index >= 15 is 0 Å². The molecule has 0 aliphatic heterocycles. The van der Waals surface area contributed by atoms with E-state index in [-0.39, 0.29) is 12.5 Å². The minimum Gasteiger partial charge on any atom is -0.484 e. The maximum atomic E-state index is 12.7. The van der Waals surface area contributed by atoms with Crippen LogP contribution < -0.4 is 15.8 Å². The first kappa shape index (κ1) is 20.9. The molecule has 32 heavy (non-hydrogen) atoms. The van der Waals surface area contributed by atoms with Gasteiger partial charge < -0.3 is 15.8 Å². The molecule has 0 bridgehead atoms. The highest BCUT2D eigenvalue weighted by Gasteiger charge is 2.14. The van der Waals surface area contributed by atoms with E-state index in [9.17, 15) is 9.59 Å². The lowest BCUT2D eigenvalue weighted by Gasteiger charge is -2.07. The zero-order chi connectivity index (χ0) is 22.3. The topological polar surface area (TPSA) is 99.2 Å². The van der Waals surface area contributed by atoms with Crippen LogP contribution in [0, 0.1) is 0 Å². The number of aromatic nitrogens is 2. The van der Waals surface area contributed by atoms with Gasteiger partial charge in [0.15, 0.2) is 6.61 Å². The normalized spacial score (nSPS) is 10.5. The van der Waals surface area contributed by atoms with Crippen LogP contribution in [0.25, 0.3) is 16.9 Å². The summed E-state index contributed by atoms with van der Waals surface area (Å²) in [6, 6.07) is 26.2. The van der Waals surface area contributed by atoms with E-state index in [0.717, 1.165) is 22.5 Å². The van der Waals surface area contributed by atoms with Crippen molar-refractivity contribution in [2.45, 2.75) is 6.54 Å². The molecule has 1 aromatic heterocycles. The van der Waals surface area contributed by atoms with E-state index in [2.05, 4.69) is 5.32 Å². The molecule has 7 nitrogen and oxygen atoms in total. The lowest BCUT2D eigenvalue weighted by atomic mass is 10.1. The Morgan fingerprint density at radius 2 is 1.56 bits per heavy atom. The number of nitrogens with one attached hydrogen (secondary N) is 1. The number of benzene rings is 3. The molecule has 4 rings (SSSR count). The molecule has 0 saturated carbocycles. The number of nitrogens with two attached hydrogens (primary N) is 1. The van der Waals surface area contributed by atoms with Crippen molar-refractivity contribution in [2.75, 3.05) is 6.61 Å². The first-order chi connectivity index (χ1) is 15.6. The molecule has 3 N–H and O–H groups in total. The zero-order valence-corrected chi connectivity index (χ0v) is 17.3. The van der Waals surface area contributed by atoms with Gasteiger partial charge in [0, 0.05) is 29.4 Å². The maximum Gasteiger partial charge on any atom is 0.255 e. The second-order valence-corrected chi connectivity index (χ2v) is 7.11. The Morgan fingerprint density at radius 3 is 2.22 bits per heavy atom. The van der Waals surface area contributed by atoms with E-state index < -0.39 is 5.91 Å². The monoisotopic (exact) mass is 426 g/mol. The van der Waals surface area contributed by atoms with Crippen molar-refractivity contribution in [3.05, 3.63) is 102 Å². The fraction of sp³-hybridized carbons (Fsp3) is 0.0800. The number of hydrogen-bond donors (Lipinski definition) is 2. The van der Waals surface area contributed by atoms with Crippen molar-refractivity contribution < 1.29 is 14.3 Å². The molecule has 0 spiro atoms. The summed E-state index contributed by atoms with van der Waals surface area (Å²) in [5, 5.41) is 7.71. The second-order valence-electron chi connectivity index (χ2n) is 7.11. The fourth-order valence-corrected chi connectivity index (χ4v) is 3.23. The van der Waals surface area contributed by atoms with Crippen LogP contribution in [0.5, 0.6) is 5.75 Å². The third kappa shape index (κ3) is 5.02. The van der Waals surface area contributed by atoms with Gasteiger partial charge in [0.1, 0.15) is 5.75 Å². The van der Waals surface area contributed by atoms with Crippen LogP contribution in [0.4, 0.5) is 0 Å². The average Bonchev–Trinajstić information content (AvgIpc) is 3.27. The van der Waals surface area contributed by atoms with Crippen LogP contribution in [-0.4, -0.2) is 28.2 Å². The number of rotatable bonds is 8.